The number of halogens is 1. The average molecular weight is 311 g/mol. The number of amides is 1. The Kier molecular flexibility index (Phi) is 6.36. The molecule has 1 fully saturated rings. The van der Waals surface area contributed by atoms with Crippen molar-refractivity contribution in [2.24, 2.45) is 0 Å². The molecule has 0 bridgehead atoms. The lowest BCUT2D eigenvalue weighted by Crippen LogP contribution is -2.37. The quantitative estimate of drug-likeness (QED) is 0.873. The van der Waals surface area contributed by atoms with E-state index >= 15 is 0 Å². The minimum atomic E-state index is -0.359. The van der Waals surface area contributed by atoms with Crippen molar-refractivity contribution in [2.75, 3.05) is 12.9 Å². The first-order chi connectivity index (χ1) is 10.2. The zero-order valence-corrected chi connectivity index (χ0v) is 13.2. The van der Waals surface area contributed by atoms with Crippen LogP contribution in [0.4, 0.5) is 4.39 Å². The highest BCUT2D eigenvalue weighted by atomic mass is 32.2. The molecule has 0 radical (unpaired) electrons. The highest BCUT2D eigenvalue weighted by molar-refractivity contribution is 7.99. The topological polar surface area (TPSA) is 38.3 Å². The van der Waals surface area contributed by atoms with Gasteiger partial charge in [-0.25, -0.2) is 4.39 Å². The number of methoxy groups -OCH3 is 1. The van der Waals surface area contributed by atoms with Gasteiger partial charge in [0.2, 0.25) is 5.91 Å². The Balaban J connectivity index is 1.70. The molecule has 5 heteroatoms. The van der Waals surface area contributed by atoms with Crippen LogP contribution in [0.2, 0.25) is 0 Å². The Morgan fingerprint density at radius 3 is 2.81 bits per heavy atom. The SMILES string of the molecule is COc1ccc(CSCC(=O)NC2CCCCC2)cc1F. The Hall–Kier alpha value is -1.23. The summed E-state index contributed by atoms with van der Waals surface area (Å²) in [4.78, 5) is 11.8. The van der Waals surface area contributed by atoms with Crippen LogP contribution in [-0.2, 0) is 10.5 Å². The van der Waals surface area contributed by atoms with Gasteiger partial charge in [-0.2, -0.15) is 0 Å². The molecule has 0 aromatic heterocycles. The molecule has 0 atom stereocenters. The van der Waals surface area contributed by atoms with Crippen LogP contribution in [0.5, 0.6) is 5.75 Å². The molecule has 1 saturated carbocycles. The van der Waals surface area contributed by atoms with E-state index in [9.17, 15) is 9.18 Å². The number of benzene rings is 1. The number of thioether (sulfide) groups is 1. The van der Waals surface area contributed by atoms with Gasteiger partial charge in [0.15, 0.2) is 11.6 Å². The molecule has 1 aromatic rings. The fraction of sp³-hybridized carbons (Fsp3) is 0.562. The van der Waals surface area contributed by atoms with Gasteiger partial charge >= 0.3 is 0 Å². The third-order valence-corrected chi connectivity index (χ3v) is 4.69. The van der Waals surface area contributed by atoms with Crippen LogP contribution >= 0.6 is 11.8 Å². The molecule has 116 valence electrons. The molecular weight excluding hydrogens is 289 g/mol. The molecule has 1 aliphatic rings. The lowest BCUT2D eigenvalue weighted by atomic mass is 9.95. The molecule has 1 amide bonds. The number of carbonyl (C=O) groups is 1. The molecule has 0 heterocycles. The summed E-state index contributed by atoms with van der Waals surface area (Å²) in [5.74, 6) is 1.02. The van der Waals surface area contributed by atoms with Gasteiger partial charge in [-0.15, -0.1) is 11.8 Å². The van der Waals surface area contributed by atoms with Crippen LogP contribution in [0.3, 0.4) is 0 Å². The van der Waals surface area contributed by atoms with E-state index in [2.05, 4.69) is 5.32 Å². The van der Waals surface area contributed by atoms with Crippen molar-refractivity contribution in [3.05, 3.63) is 29.6 Å². The van der Waals surface area contributed by atoms with Crippen LogP contribution in [0.25, 0.3) is 0 Å². The van der Waals surface area contributed by atoms with E-state index in [0.717, 1.165) is 18.4 Å². The second-order valence-electron chi connectivity index (χ2n) is 5.36. The van der Waals surface area contributed by atoms with Gasteiger partial charge in [0, 0.05) is 11.8 Å². The highest BCUT2D eigenvalue weighted by Gasteiger charge is 2.15. The van der Waals surface area contributed by atoms with Gasteiger partial charge in [-0.3, -0.25) is 4.79 Å². The summed E-state index contributed by atoms with van der Waals surface area (Å²) in [6, 6.07) is 5.26. The third-order valence-electron chi connectivity index (χ3n) is 3.69. The van der Waals surface area contributed by atoms with Crippen LogP contribution in [0, 0.1) is 5.82 Å². The van der Waals surface area contributed by atoms with Gasteiger partial charge in [-0.1, -0.05) is 25.3 Å². The van der Waals surface area contributed by atoms with E-state index in [1.807, 2.05) is 6.07 Å². The van der Waals surface area contributed by atoms with E-state index < -0.39 is 0 Å². The number of ether oxygens (including phenoxy) is 1. The van der Waals surface area contributed by atoms with Gasteiger partial charge < -0.3 is 10.1 Å². The summed E-state index contributed by atoms with van der Waals surface area (Å²) in [5.41, 5.74) is 0.865. The van der Waals surface area contributed by atoms with Gasteiger partial charge in [-0.05, 0) is 30.5 Å². The molecule has 0 spiro atoms. The normalized spacial score (nSPS) is 15.7. The first-order valence-corrected chi connectivity index (χ1v) is 8.54. The van der Waals surface area contributed by atoms with E-state index in [1.165, 1.54) is 44.2 Å². The van der Waals surface area contributed by atoms with Crippen LogP contribution in [-0.4, -0.2) is 24.8 Å². The number of rotatable bonds is 6. The van der Waals surface area contributed by atoms with Crippen molar-refractivity contribution >= 4 is 17.7 Å². The molecule has 21 heavy (non-hydrogen) atoms. The summed E-state index contributed by atoms with van der Waals surface area (Å²) in [7, 11) is 1.45. The highest BCUT2D eigenvalue weighted by Crippen LogP contribution is 2.21. The van der Waals surface area contributed by atoms with Gasteiger partial charge in [0.25, 0.3) is 0 Å². The summed E-state index contributed by atoms with van der Waals surface area (Å²) in [6.07, 6.45) is 5.90. The number of carbonyl (C=O) groups excluding carboxylic acids is 1. The maximum Gasteiger partial charge on any atom is 0.230 e. The number of hydrogen-bond acceptors (Lipinski definition) is 3. The van der Waals surface area contributed by atoms with Crippen molar-refractivity contribution in [1.29, 1.82) is 0 Å². The maximum atomic E-state index is 13.5. The smallest absolute Gasteiger partial charge is 0.230 e. The molecule has 3 nitrogen and oxygen atoms in total. The number of hydrogen-bond donors (Lipinski definition) is 1. The standard InChI is InChI=1S/C16H22FNO2S/c1-20-15-8-7-12(9-14(15)17)10-21-11-16(19)18-13-5-3-2-4-6-13/h7-9,13H,2-6,10-11H2,1H3,(H,18,19). The number of nitrogens with one attached hydrogen (secondary N) is 1. The van der Waals surface area contributed by atoms with Crippen LogP contribution in [0.15, 0.2) is 18.2 Å². The summed E-state index contributed by atoms with van der Waals surface area (Å²) in [6.45, 7) is 0. The van der Waals surface area contributed by atoms with Gasteiger partial charge in [0.1, 0.15) is 0 Å². The van der Waals surface area contributed by atoms with E-state index in [1.54, 1.807) is 6.07 Å². The van der Waals surface area contributed by atoms with Crippen molar-refractivity contribution in [3.63, 3.8) is 0 Å². The molecule has 2 rings (SSSR count). The summed E-state index contributed by atoms with van der Waals surface area (Å²) in [5, 5.41) is 3.08. The van der Waals surface area contributed by atoms with E-state index in [-0.39, 0.29) is 17.5 Å². The second kappa shape index (κ2) is 8.27. The van der Waals surface area contributed by atoms with Crippen LogP contribution in [0.1, 0.15) is 37.7 Å². The van der Waals surface area contributed by atoms with Gasteiger partial charge in [0.05, 0.1) is 12.9 Å². The van der Waals surface area contributed by atoms with Crippen molar-refractivity contribution < 1.29 is 13.9 Å². The second-order valence-corrected chi connectivity index (χ2v) is 6.35. The summed E-state index contributed by atoms with van der Waals surface area (Å²) < 4.78 is 18.4. The molecule has 1 aromatic carbocycles. The molecule has 1 aliphatic carbocycles. The van der Waals surface area contributed by atoms with E-state index in [4.69, 9.17) is 4.74 Å². The largest absolute Gasteiger partial charge is 0.494 e. The summed E-state index contributed by atoms with van der Waals surface area (Å²) >= 11 is 1.51. The lowest BCUT2D eigenvalue weighted by Gasteiger charge is -2.22. The predicted octanol–water partition coefficient (Wildman–Crippen LogP) is 3.52. The van der Waals surface area contributed by atoms with Crippen LogP contribution < -0.4 is 10.1 Å². The molecule has 0 unspecified atom stereocenters. The molecule has 1 N–H and O–H groups in total. The Morgan fingerprint density at radius 2 is 2.14 bits per heavy atom. The fourth-order valence-electron chi connectivity index (χ4n) is 2.58. The predicted molar refractivity (Wildman–Crippen MR) is 84.1 cm³/mol. The lowest BCUT2D eigenvalue weighted by molar-refractivity contribution is -0.119. The monoisotopic (exact) mass is 311 g/mol. The Labute approximate surface area is 129 Å². The van der Waals surface area contributed by atoms with Crippen molar-refractivity contribution in [3.8, 4) is 5.75 Å². The van der Waals surface area contributed by atoms with Crippen molar-refractivity contribution in [1.82, 2.24) is 5.32 Å². The first-order valence-electron chi connectivity index (χ1n) is 7.38. The Morgan fingerprint density at radius 1 is 1.38 bits per heavy atom. The zero-order valence-electron chi connectivity index (χ0n) is 12.4. The zero-order chi connectivity index (χ0) is 15.1. The molecule has 0 aliphatic heterocycles. The van der Waals surface area contributed by atoms with Crippen molar-refractivity contribution in [2.45, 2.75) is 43.9 Å². The molecule has 0 saturated heterocycles. The molecular formula is C16H22FNO2S. The third kappa shape index (κ3) is 5.23. The minimum Gasteiger partial charge on any atom is -0.494 e. The Bertz CT molecular complexity index is 475. The fourth-order valence-corrected chi connectivity index (χ4v) is 3.36. The average Bonchev–Trinajstić information content (AvgIpc) is 2.48. The first kappa shape index (κ1) is 16.1. The van der Waals surface area contributed by atoms with E-state index in [0.29, 0.717) is 17.5 Å². The maximum absolute atomic E-state index is 13.5. The minimum absolute atomic E-state index is 0.0842.